The van der Waals surface area contributed by atoms with Gasteiger partial charge in [0.25, 0.3) is 0 Å². The SMILES string of the molecule is O=C(O)N1CCC(COc2ccc(Cl)cn2)C(c2ccc(F)c(F)c2)C1. The van der Waals surface area contributed by atoms with Gasteiger partial charge in [-0.05, 0) is 30.2 Å². The van der Waals surface area contributed by atoms with Crippen LogP contribution in [0.15, 0.2) is 36.5 Å². The van der Waals surface area contributed by atoms with Gasteiger partial charge in [0.1, 0.15) is 0 Å². The van der Waals surface area contributed by atoms with E-state index in [4.69, 9.17) is 16.3 Å². The standard InChI is InChI=1S/C18H17ClF2N2O3/c19-13-2-4-17(22-8-13)26-10-12-5-6-23(18(24)25)9-14(12)11-1-3-15(20)16(21)7-11/h1-4,7-8,12,14H,5-6,9-10H2,(H,24,25). The zero-order chi connectivity index (χ0) is 18.7. The van der Waals surface area contributed by atoms with Gasteiger partial charge in [0.2, 0.25) is 5.88 Å². The number of piperidine rings is 1. The topological polar surface area (TPSA) is 62.7 Å². The third-order valence-corrected chi connectivity index (χ3v) is 4.77. The highest BCUT2D eigenvalue weighted by Gasteiger charge is 2.33. The fraction of sp³-hybridized carbons (Fsp3) is 0.333. The first-order chi connectivity index (χ1) is 12.4. The zero-order valence-corrected chi connectivity index (χ0v) is 14.5. The van der Waals surface area contributed by atoms with Gasteiger partial charge in [0, 0.05) is 37.2 Å². The molecule has 1 amide bonds. The van der Waals surface area contributed by atoms with Crippen LogP contribution in [0.25, 0.3) is 0 Å². The summed E-state index contributed by atoms with van der Waals surface area (Å²) in [7, 11) is 0. The molecule has 1 N–H and O–H groups in total. The van der Waals surface area contributed by atoms with E-state index in [9.17, 15) is 18.7 Å². The van der Waals surface area contributed by atoms with Gasteiger partial charge in [0.05, 0.1) is 11.6 Å². The summed E-state index contributed by atoms with van der Waals surface area (Å²) in [5, 5.41) is 9.75. The van der Waals surface area contributed by atoms with E-state index in [1.165, 1.54) is 17.2 Å². The molecule has 0 radical (unpaired) electrons. The van der Waals surface area contributed by atoms with Crippen LogP contribution in [0, 0.1) is 17.6 Å². The van der Waals surface area contributed by atoms with Crippen molar-refractivity contribution in [3.63, 3.8) is 0 Å². The Morgan fingerprint density at radius 3 is 2.77 bits per heavy atom. The molecular weight excluding hydrogens is 366 g/mol. The zero-order valence-electron chi connectivity index (χ0n) is 13.7. The van der Waals surface area contributed by atoms with Crippen molar-refractivity contribution >= 4 is 17.7 Å². The molecule has 1 aliphatic heterocycles. The normalized spacial score (nSPS) is 20.0. The second kappa shape index (κ2) is 7.86. The highest BCUT2D eigenvalue weighted by atomic mass is 35.5. The average Bonchev–Trinajstić information content (AvgIpc) is 2.63. The molecule has 3 rings (SSSR count). The molecule has 26 heavy (non-hydrogen) atoms. The summed E-state index contributed by atoms with van der Waals surface area (Å²) in [6, 6.07) is 6.97. The Kier molecular flexibility index (Phi) is 5.56. The first-order valence-electron chi connectivity index (χ1n) is 8.11. The first-order valence-corrected chi connectivity index (χ1v) is 8.49. The van der Waals surface area contributed by atoms with E-state index in [1.807, 2.05) is 0 Å². The summed E-state index contributed by atoms with van der Waals surface area (Å²) in [4.78, 5) is 16.7. The van der Waals surface area contributed by atoms with Gasteiger partial charge in [-0.1, -0.05) is 17.7 Å². The number of ether oxygens (including phenoxy) is 1. The molecule has 1 aromatic heterocycles. The predicted octanol–water partition coefficient (Wildman–Crippen LogP) is 4.18. The van der Waals surface area contributed by atoms with E-state index >= 15 is 0 Å². The predicted molar refractivity (Wildman–Crippen MR) is 91.5 cm³/mol. The Morgan fingerprint density at radius 1 is 1.31 bits per heavy atom. The van der Waals surface area contributed by atoms with Crippen molar-refractivity contribution in [2.24, 2.45) is 5.92 Å². The summed E-state index contributed by atoms with van der Waals surface area (Å²) in [6.07, 6.45) is 0.983. The third-order valence-electron chi connectivity index (χ3n) is 4.54. The van der Waals surface area contributed by atoms with Gasteiger partial charge < -0.3 is 14.7 Å². The van der Waals surface area contributed by atoms with Crippen molar-refractivity contribution in [1.29, 1.82) is 0 Å². The monoisotopic (exact) mass is 382 g/mol. The van der Waals surface area contributed by atoms with E-state index in [0.29, 0.717) is 29.4 Å². The lowest BCUT2D eigenvalue weighted by atomic mass is 9.81. The van der Waals surface area contributed by atoms with Crippen molar-refractivity contribution in [2.75, 3.05) is 19.7 Å². The number of hydrogen-bond donors (Lipinski definition) is 1. The second-order valence-electron chi connectivity index (χ2n) is 6.18. The molecule has 1 fully saturated rings. The number of halogens is 3. The van der Waals surface area contributed by atoms with Crippen molar-refractivity contribution in [1.82, 2.24) is 9.88 Å². The van der Waals surface area contributed by atoms with Crippen LogP contribution < -0.4 is 4.74 Å². The van der Waals surface area contributed by atoms with Crippen LogP contribution >= 0.6 is 11.6 Å². The van der Waals surface area contributed by atoms with Crippen LogP contribution in [0.2, 0.25) is 5.02 Å². The maximum absolute atomic E-state index is 13.6. The summed E-state index contributed by atoms with van der Waals surface area (Å²) >= 11 is 5.79. The molecule has 1 aromatic carbocycles. The van der Waals surface area contributed by atoms with E-state index in [1.54, 1.807) is 12.1 Å². The van der Waals surface area contributed by atoms with Gasteiger partial charge in [-0.2, -0.15) is 0 Å². The van der Waals surface area contributed by atoms with Crippen LogP contribution in [0.4, 0.5) is 13.6 Å². The van der Waals surface area contributed by atoms with Gasteiger partial charge in [-0.15, -0.1) is 0 Å². The molecule has 2 unspecified atom stereocenters. The minimum absolute atomic E-state index is 0.0621. The van der Waals surface area contributed by atoms with E-state index < -0.39 is 17.7 Å². The van der Waals surface area contributed by atoms with Crippen LogP contribution in [0.3, 0.4) is 0 Å². The number of benzene rings is 1. The van der Waals surface area contributed by atoms with Gasteiger partial charge in [0.15, 0.2) is 11.6 Å². The summed E-state index contributed by atoms with van der Waals surface area (Å²) in [6.45, 7) is 0.839. The van der Waals surface area contributed by atoms with Crippen LogP contribution in [-0.2, 0) is 0 Å². The smallest absolute Gasteiger partial charge is 0.407 e. The molecule has 0 bridgehead atoms. The largest absolute Gasteiger partial charge is 0.477 e. The quantitative estimate of drug-likeness (QED) is 0.861. The number of aromatic nitrogens is 1. The van der Waals surface area contributed by atoms with E-state index in [0.717, 1.165) is 12.1 Å². The molecule has 5 nitrogen and oxygen atoms in total. The molecule has 2 aromatic rings. The van der Waals surface area contributed by atoms with E-state index in [-0.39, 0.29) is 25.0 Å². The minimum atomic E-state index is -1.03. The molecule has 2 heterocycles. The lowest BCUT2D eigenvalue weighted by molar-refractivity contribution is 0.0977. The number of nitrogens with zero attached hydrogens (tertiary/aromatic N) is 2. The van der Waals surface area contributed by atoms with Crippen molar-refractivity contribution in [3.05, 3.63) is 58.7 Å². The van der Waals surface area contributed by atoms with Crippen LogP contribution in [0.5, 0.6) is 5.88 Å². The van der Waals surface area contributed by atoms with Gasteiger partial charge in [-0.25, -0.2) is 18.6 Å². The number of amides is 1. The number of likely N-dealkylation sites (tertiary alicyclic amines) is 1. The average molecular weight is 383 g/mol. The second-order valence-corrected chi connectivity index (χ2v) is 6.62. The maximum atomic E-state index is 13.6. The summed E-state index contributed by atoms with van der Waals surface area (Å²) in [5.41, 5.74) is 0.549. The van der Waals surface area contributed by atoms with Crippen molar-refractivity contribution < 1.29 is 23.4 Å². The number of hydrogen-bond acceptors (Lipinski definition) is 3. The molecule has 1 aliphatic rings. The van der Waals surface area contributed by atoms with Crippen molar-refractivity contribution in [2.45, 2.75) is 12.3 Å². The highest BCUT2D eigenvalue weighted by molar-refractivity contribution is 6.30. The minimum Gasteiger partial charge on any atom is -0.477 e. The Bertz CT molecular complexity index is 789. The van der Waals surface area contributed by atoms with E-state index in [2.05, 4.69) is 4.98 Å². The summed E-state index contributed by atoms with van der Waals surface area (Å²) < 4.78 is 32.6. The lowest BCUT2D eigenvalue weighted by Gasteiger charge is -2.37. The molecule has 0 saturated carbocycles. The fourth-order valence-corrected chi connectivity index (χ4v) is 3.25. The third kappa shape index (κ3) is 4.22. The molecule has 8 heteroatoms. The number of carbonyl (C=O) groups is 1. The van der Waals surface area contributed by atoms with Crippen LogP contribution in [0.1, 0.15) is 17.9 Å². The Labute approximate surface area is 154 Å². The summed E-state index contributed by atoms with van der Waals surface area (Å²) in [5.74, 6) is -1.85. The highest BCUT2D eigenvalue weighted by Crippen LogP contribution is 2.33. The number of pyridine rings is 1. The fourth-order valence-electron chi connectivity index (χ4n) is 3.13. The molecule has 1 saturated heterocycles. The maximum Gasteiger partial charge on any atom is 0.407 e. The Balaban J connectivity index is 1.78. The van der Waals surface area contributed by atoms with Crippen molar-refractivity contribution in [3.8, 4) is 5.88 Å². The van der Waals surface area contributed by atoms with Gasteiger partial charge >= 0.3 is 6.09 Å². The molecule has 2 atom stereocenters. The Morgan fingerprint density at radius 2 is 2.12 bits per heavy atom. The Hall–Kier alpha value is -2.41. The molecular formula is C18H17ClF2N2O3. The molecule has 0 spiro atoms. The lowest BCUT2D eigenvalue weighted by Crippen LogP contribution is -2.43. The van der Waals surface area contributed by atoms with Gasteiger partial charge in [-0.3, -0.25) is 0 Å². The first kappa shape index (κ1) is 18.4. The molecule has 138 valence electrons. The molecule has 0 aliphatic carbocycles. The van der Waals surface area contributed by atoms with Crippen LogP contribution in [-0.4, -0.2) is 40.8 Å². The number of carboxylic acid groups (broad SMARTS) is 1. The number of rotatable bonds is 4.